The molecule has 2 rings (SSSR count). The third-order valence-corrected chi connectivity index (χ3v) is 3.56. The van der Waals surface area contributed by atoms with Gasteiger partial charge in [-0.25, -0.2) is 0 Å². The highest BCUT2D eigenvalue weighted by Gasteiger charge is 2.32. The van der Waals surface area contributed by atoms with Gasteiger partial charge in [0.15, 0.2) is 0 Å². The molecule has 1 fully saturated rings. The molecule has 0 saturated heterocycles. The zero-order valence-corrected chi connectivity index (χ0v) is 10.7. The molecule has 0 amide bonds. The molecule has 0 heterocycles. The van der Waals surface area contributed by atoms with Gasteiger partial charge < -0.3 is 10.1 Å². The maximum absolute atomic E-state index is 12.3. The lowest BCUT2D eigenvalue weighted by atomic mass is 10.1. The highest BCUT2D eigenvalue weighted by atomic mass is 19.3. The Labute approximate surface area is 106 Å². The number of nitrogens with one attached hydrogen (secondary N) is 1. The summed E-state index contributed by atoms with van der Waals surface area (Å²) in [5.74, 6) is 1.78. The SMILES string of the molecule is CC(NCC1CC1C)c1ccccc1OC(F)F. The van der Waals surface area contributed by atoms with E-state index in [-0.39, 0.29) is 11.8 Å². The molecule has 3 atom stereocenters. The molecule has 0 spiro atoms. The van der Waals surface area contributed by atoms with Crippen molar-refractivity contribution in [1.29, 1.82) is 0 Å². The molecule has 1 aliphatic carbocycles. The predicted octanol–water partition coefficient (Wildman–Crippen LogP) is 3.59. The molecule has 1 saturated carbocycles. The molecule has 1 aromatic rings. The molecular weight excluding hydrogens is 236 g/mol. The van der Waals surface area contributed by atoms with Gasteiger partial charge in [-0.05, 0) is 37.8 Å². The van der Waals surface area contributed by atoms with Gasteiger partial charge in [-0.3, -0.25) is 0 Å². The number of ether oxygens (including phenoxy) is 1. The van der Waals surface area contributed by atoms with Gasteiger partial charge in [0.05, 0.1) is 0 Å². The van der Waals surface area contributed by atoms with Gasteiger partial charge in [0.25, 0.3) is 0 Å². The Kier molecular flexibility index (Phi) is 4.17. The van der Waals surface area contributed by atoms with Crippen LogP contribution in [0, 0.1) is 11.8 Å². The summed E-state index contributed by atoms with van der Waals surface area (Å²) in [5, 5.41) is 3.38. The molecule has 1 aliphatic rings. The van der Waals surface area contributed by atoms with E-state index in [1.165, 1.54) is 6.42 Å². The summed E-state index contributed by atoms with van der Waals surface area (Å²) in [6.45, 7) is 2.36. The van der Waals surface area contributed by atoms with Crippen molar-refractivity contribution in [2.45, 2.75) is 32.9 Å². The molecule has 3 unspecified atom stereocenters. The first kappa shape index (κ1) is 13.3. The van der Waals surface area contributed by atoms with Crippen LogP contribution < -0.4 is 10.1 Å². The van der Waals surface area contributed by atoms with Crippen LogP contribution in [0.5, 0.6) is 5.75 Å². The van der Waals surface area contributed by atoms with E-state index < -0.39 is 6.61 Å². The number of hydrogen-bond donors (Lipinski definition) is 1. The molecule has 100 valence electrons. The highest BCUT2D eigenvalue weighted by molar-refractivity contribution is 5.35. The van der Waals surface area contributed by atoms with Crippen molar-refractivity contribution in [2.75, 3.05) is 6.54 Å². The molecule has 2 nitrogen and oxygen atoms in total. The number of rotatable bonds is 6. The van der Waals surface area contributed by atoms with E-state index in [9.17, 15) is 8.78 Å². The summed E-state index contributed by atoms with van der Waals surface area (Å²) in [7, 11) is 0. The van der Waals surface area contributed by atoms with Crippen molar-refractivity contribution in [3.05, 3.63) is 29.8 Å². The zero-order valence-electron chi connectivity index (χ0n) is 10.7. The largest absolute Gasteiger partial charge is 0.434 e. The number of para-hydroxylation sites is 1. The molecule has 1 N–H and O–H groups in total. The van der Waals surface area contributed by atoms with Crippen molar-refractivity contribution in [3.63, 3.8) is 0 Å². The van der Waals surface area contributed by atoms with Crippen LogP contribution in [0.15, 0.2) is 24.3 Å². The summed E-state index contributed by atoms with van der Waals surface area (Å²) < 4.78 is 29.1. The van der Waals surface area contributed by atoms with Crippen molar-refractivity contribution in [3.8, 4) is 5.75 Å². The van der Waals surface area contributed by atoms with E-state index in [2.05, 4.69) is 17.0 Å². The van der Waals surface area contributed by atoms with Gasteiger partial charge in [-0.1, -0.05) is 25.1 Å². The van der Waals surface area contributed by atoms with E-state index in [1.54, 1.807) is 12.1 Å². The first-order chi connectivity index (χ1) is 8.58. The van der Waals surface area contributed by atoms with Crippen molar-refractivity contribution < 1.29 is 13.5 Å². The Balaban J connectivity index is 1.97. The topological polar surface area (TPSA) is 21.3 Å². The monoisotopic (exact) mass is 255 g/mol. The summed E-state index contributed by atoms with van der Waals surface area (Å²) >= 11 is 0. The fourth-order valence-corrected chi connectivity index (χ4v) is 2.16. The Hall–Kier alpha value is -1.16. The third-order valence-electron chi connectivity index (χ3n) is 3.56. The van der Waals surface area contributed by atoms with E-state index in [1.807, 2.05) is 19.1 Å². The van der Waals surface area contributed by atoms with E-state index >= 15 is 0 Å². The highest BCUT2D eigenvalue weighted by Crippen LogP contribution is 2.37. The standard InChI is InChI=1S/C14H19F2NO/c1-9-7-11(9)8-17-10(2)12-5-3-4-6-13(12)18-14(15)16/h3-6,9-11,14,17H,7-8H2,1-2H3. The minimum absolute atomic E-state index is 0.0211. The maximum atomic E-state index is 12.3. The Morgan fingerprint density at radius 1 is 1.39 bits per heavy atom. The first-order valence-electron chi connectivity index (χ1n) is 6.35. The normalized spacial score (nSPS) is 24.1. The third kappa shape index (κ3) is 3.42. The second-order valence-corrected chi connectivity index (χ2v) is 5.02. The van der Waals surface area contributed by atoms with Crippen LogP contribution >= 0.6 is 0 Å². The van der Waals surface area contributed by atoms with Crippen molar-refractivity contribution in [1.82, 2.24) is 5.32 Å². The Morgan fingerprint density at radius 3 is 2.67 bits per heavy atom. The summed E-state index contributed by atoms with van der Waals surface area (Å²) in [5.41, 5.74) is 0.783. The van der Waals surface area contributed by atoms with Crippen LogP contribution in [0.1, 0.15) is 31.9 Å². The molecule has 0 bridgehead atoms. The quantitative estimate of drug-likeness (QED) is 0.838. The average Bonchev–Trinajstić information content (AvgIpc) is 3.02. The molecule has 0 radical (unpaired) electrons. The van der Waals surface area contributed by atoms with Crippen molar-refractivity contribution >= 4 is 0 Å². The van der Waals surface area contributed by atoms with Gasteiger partial charge >= 0.3 is 6.61 Å². The van der Waals surface area contributed by atoms with E-state index in [4.69, 9.17) is 0 Å². The molecule has 4 heteroatoms. The number of halogens is 2. The van der Waals surface area contributed by atoms with Crippen LogP contribution in [0.3, 0.4) is 0 Å². The predicted molar refractivity (Wildman–Crippen MR) is 66.8 cm³/mol. The van der Waals surface area contributed by atoms with Crippen LogP contribution in [0.4, 0.5) is 8.78 Å². The minimum atomic E-state index is -2.78. The van der Waals surface area contributed by atoms with Crippen LogP contribution in [-0.2, 0) is 0 Å². The summed E-state index contributed by atoms with van der Waals surface area (Å²) in [4.78, 5) is 0. The summed E-state index contributed by atoms with van der Waals surface area (Å²) in [6.07, 6.45) is 1.26. The maximum Gasteiger partial charge on any atom is 0.387 e. The molecule has 0 aromatic heterocycles. The minimum Gasteiger partial charge on any atom is -0.434 e. The lowest BCUT2D eigenvalue weighted by Gasteiger charge is -2.18. The molecular formula is C14H19F2NO. The van der Waals surface area contributed by atoms with Gasteiger partial charge in [-0.15, -0.1) is 0 Å². The fourth-order valence-electron chi connectivity index (χ4n) is 2.16. The van der Waals surface area contributed by atoms with Gasteiger partial charge in [0.2, 0.25) is 0 Å². The first-order valence-corrected chi connectivity index (χ1v) is 6.35. The average molecular weight is 255 g/mol. The number of hydrogen-bond acceptors (Lipinski definition) is 2. The van der Waals surface area contributed by atoms with E-state index in [0.29, 0.717) is 0 Å². The van der Waals surface area contributed by atoms with E-state index in [0.717, 1.165) is 23.9 Å². The number of benzene rings is 1. The van der Waals surface area contributed by atoms with Gasteiger partial charge in [-0.2, -0.15) is 8.78 Å². The van der Waals surface area contributed by atoms with Crippen LogP contribution in [0.25, 0.3) is 0 Å². The zero-order chi connectivity index (χ0) is 13.1. The summed E-state index contributed by atoms with van der Waals surface area (Å²) in [6, 6.07) is 6.97. The van der Waals surface area contributed by atoms with Crippen LogP contribution in [0.2, 0.25) is 0 Å². The smallest absolute Gasteiger partial charge is 0.387 e. The fraction of sp³-hybridized carbons (Fsp3) is 0.571. The second-order valence-electron chi connectivity index (χ2n) is 5.02. The number of alkyl halides is 2. The molecule has 1 aromatic carbocycles. The van der Waals surface area contributed by atoms with Crippen LogP contribution in [-0.4, -0.2) is 13.2 Å². The molecule has 0 aliphatic heterocycles. The van der Waals surface area contributed by atoms with Gasteiger partial charge in [0.1, 0.15) is 5.75 Å². The lowest BCUT2D eigenvalue weighted by Crippen LogP contribution is -2.22. The van der Waals surface area contributed by atoms with Gasteiger partial charge in [0, 0.05) is 11.6 Å². The lowest BCUT2D eigenvalue weighted by molar-refractivity contribution is -0.0506. The Morgan fingerprint density at radius 2 is 2.06 bits per heavy atom. The Bertz CT molecular complexity index is 397. The molecule has 18 heavy (non-hydrogen) atoms. The second kappa shape index (κ2) is 5.65. The van der Waals surface area contributed by atoms with Crippen molar-refractivity contribution in [2.24, 2.45) is 11.8 Å².